The molecule has 0 bridgehead atoms. The zero-order valence-corrected chi connectivity index (χ0v) is 20.0. The normalized spacial score (nSPS) is 11.3. The molecule has 0 aliphatic rings. The number of aryl methyl sites for hydroxylation is 2. The first kappa shape index (κ1) is 21.8. The topological polar surface area (TPSA) is 97.5 Å². The maximum Gasteiger partial charge on any atom is 0.253 e. The lowest BCUT2D eigenvalue weighted by atomic mass is 10.1. The minimum absolute atomic E-state index is 0.0344. The van der Waals surface area contributed by atoms with Gasteiger partial charge in [0.15, 0.2) is 5.65 Å². The number of rotatable bonds is 5. The summed E-state index contributed by atoms with van der Waals surface area (Å²) in [5.74, 6) is 0.652. The number of hydrogen-bond donors (Lipinski definition) is 1. The van der Waals surface area contributed by atoms with E-state index >= 15 is 0 Å². The summed E-state index contributed by atoms with van der Waals surface area (Å²) in [7, 11) is 5.36. The van der Waals surface area contributed by atoms with Gasteiger partial charge >= 0.3 is 0 Å². The molecular weight excluding hydrogens is 452 g/mol. The van der Waals surface area contributed by atoms with Gasteiger partial charge < -0.3 is 9.88 Å². The highest BCUT2D eigenvalue weighted by molar-refractivity contribution is 6.34. The molecule has 1 amide bonds. The lowest BCUT2D eigenvalue weighted by molar-refractivity contribution is 0.0827. The molecule has 10 heteroatoms. The predicted octanol–water partition coefficient (Wildman–Crippen LogP) is 3.93. The predicted molar refractivity (Wildman–Crippen MR) is 131 cm³/mol. The van der Waals surface area contributed by atoms with Crippen molar-refractivity contribution in [2.45, 2.75) is 13.5 Å². The van der Waals surface area contributed by atoms with E-state index in [1.54, 1.807) is 36.1 Å². The number of nitrogens with zero attached hydrogens (tertiary/aromatic N) is 7. The average molecular weight is 475 g/mol. The molecule has 0 saturated heterocycles. The van der Waals surface area contributed by atoms with Crippen molar-refractivity contribution in [3.63, 3.8) is 0 Å². The molecule has 0 aliphatic carbocycles. The molecule has 34 heavy (non-hydrogen) atoms. The van der Waals surface area contributed by atoms with Crippen LogP contribution in [0.1, 0.15) is 21.6 Å². The summed E-state index contributed by atoms with van der Waals surface area (Å²) in [5.41, 5.74) is 6.34. The zero-order chi connectivity index (χ0) is 24.0. The molecule has 4 aromatic heterocycles. The molecule has 0 unspecified atom stereocenters. The Morgan fingerprint density at radius 3 is 2.76 bits per heavy atom. The van der Waals surface area contributed by atoms with Crippen LogP contribution in [0.15, 0.2) is 49.1 Å². The Morgan fingerprint density at radius 1 is 1.21 bits per heavy atom. The van der Waals surface area contributed by atoms with Crippen LogP contribution in [0.5, 0.6) is 0 Å². The minimum atomic E-state index is -0.0344. The maximum atomic E-state index is 12.3. The summed E-state index contributed by atoms with van der Waals surface area (Å²) in [4.78, 5) is 26.3. The Morgan fingerprint density at radius 2 is 2.03 bits per heavy atom. The Kier molecular flexibility index (Phi) is 5.41. The van der Waals surface area contributed by atoms with Gasteiger partial charge in [0.1, 0.15) is 5.82 Å². The van der Waals surface area contributed by atoms with E-state index in [0.717, 1.165) is 33.5 Å². The molecule has 0 saturated carbocycles. The fourth-order valence-electron chi connectivity index (χ4n) is 4.00. The van der Waals surface area contributed by atoms with Crippen LogP contribution >= 0.6 is 11.6 Å². The third kappa shape index (κ3) is 3.94. The molecule has 0 atom stereocenters. The van der Waals surface area contributed by atoms with E-state index in [1.165, 1.54) is 0 Å². The number of aromatic nitrogens is 7. The number of halogens is 1. The van der Waals surface area contributed by atoms with Crippen LogP contribution in [0, 0.1) is 6.92 Å². The number of nitrogens with one attached hydrogen (secondary N) is 1. The third-order valence-corrected chi connectivity index (χ3v) is 5.88. The monoisotopic (exact) mass is 474 g/mol. The molecule has 0 fully saturated rings. The molecule has 0 aliphatic heterocycles. The number of pyridine rings is 1. The van der Waals surface area contributed by atoms with Crippen LogP contribution in [-0.4, -0.2) is 59.4 Å². The fourth-order valence-corrected chi connectivity index (χ4v) is 4.25. The summed E-state index contributed by atoms with van der Waals surface area (Å²) in [6, 6.07) is 7.56. The van der Waals surface area contributed by atoms with Crippen molar-refractivity contribution >= 4 is 28.7 Å². The van der Waals surface area contributed by atoms with Gasteiger partial charge in [-0.1, -0.05) is 23.7 Å². The van der Waals surface area contributed by atoms with Crippen molar-refractivity contribution in [1.29, 1.82) is 0 Å². The van der Waals surface area contributed by atoms with E-state index in [-0.39, 0.29) is 5.91 Å². The van der Waals surface area contributed by atoms with E-state index in [1.807, 2.05) is 55.3 Å². The number of aromatic amines is 1. The van der Waals surface area contributed by atoms with Gasteiger partial charge in [-0.2, -0.15) is 10.2 Å². The second-order valence-corrected chi connectivity index (χ2v) is 8.80. The number of benzene rings is 1. The Hall–Kier alpha value is -3.98. The number of fused-ring (bicyclic) bond motifs is 1. The summed E-state index contributed by atoms with van der Waals surface area (Å²) in [6.45, 7) is 2.46. The highest BCUT2D eigenvalue weighted by atomic mass is 35.5. The van der Waals surface area contributed by atoms with Crippen molar-refractivity contribution in [2.24, 2.45) is 7.05 Å². The molecule has 4 heterocycles. The molecular formula is C24H23ClN8O. The van der Waals surface area contributed by atoms with Crippen LogP contribution in [0.4, 0.5) is 0 Å². The quantitative estimate of drug-likeness (QED) is 0.416. The molecule has 9 nitrogen and oxygen atoms in total. The highest BCUT2D eigenvalue weighted by Crippen LogP contribution is 2.34. The first-order valence-corrected chi connectivity index (χ1v) is 11.1. The summed E-state index contributed by atoms with van der Waals surface area (Å²) in [6.07, 6.45) is 7.22. The second kappa shape index (κ2) is 8.42. The number of amides is 1. The SMILES string of the molecule is Cc1nn(C)cc1-c1nc2ncc(Cl)c(-c3cnn(Cc4cccc(C(=O)N(C)C)c4)c3)c2[nH]1. The van der Waals surface area contributed by atoms with Crippen LogP contribution in [0.3, 0.4) is 0 Å². The van der Waals surface area contributed by atoms with Crippen LogP contribution < -0.4 is 0 Å². The zero-order valence-electron chi connectivity index (χ0n) is 19.2. The summed E-state index contributed by atoms with van der Waals surface area (Å²) < 4.78 is 3.57. The molecule has 0 radical (unpaired) electrons. The van der Waals surface area contributed by atoms with Crippen molar-refractivity contribution in [2.75, 3.05) is 14.1 Å². The van der Waals surface area contributed by atoms with Crippen LogP contribution in [0.2, 0.25) is 5.02 Å². The van der Waals surface area contributed by atoms with Gasteiger partial charge in [-0.3, -0.25) is 14.2 Å². The third-order valence-electron chi connectivity index (χ3n) is 5.59. The minimum Gasteiger partial charge on any atom is -0.345 e. The molecule has 172 valence electrons. The molecule has 5 rings (SSSR count). The Bertz CT molecular complexity index is 1530. The van der Waals surface area contributed by atoms with Gasteiger partial charge in [-0.15, -0.1) is 0 Å². The van der Waals surface area contributed by atoms with Crippen molar-refractivity contribution in [3.05, 3.63) is 70.9 Å². The number of H-pyrrole nitrogens is 1. The Labute approximate surface area is 201 Å². The molecule has 5 aromatic rings. The van der Waals surface area contributed by atoms with Crippen molar-refractivity contribution in [3.8, 4) is 22.5 Å². The van der Waals surface area contributed by atoms with Gasteiger partial charge in [0.25, 0.3) is 5.91 Å². The molecule has 1 aromatic carbocycles. The summed E-state index contributed by atoms with van der Waals surface area (Å²) in [5, 5.41) is 9.42. The fraction of sp³-hybridized carbons (Fsp3) is 0.208. The van der Waals surface area contributed by atoms with E-state index in [9.17, 15) is 4.79 Å². The van der Waals surface area contributed by atoms with E-state index in [0.29, 0.717) is 28.6 Å². The maximum absolute atomic E-state index is 12.3. The largest absolute Gasteiger partial charge is 0.345 e. The van der Waals surface area contributed by atoms with Crippen LogP contribution in [-0.2, 0) is 13.6 Å². The van der Waals surface area contributed by atoms with Gasteiger partial charge in [0, 0.05) is 56.4 Å². The van der Waals surface area contributed by atoms with Gasteiger partial charge in [0.2, 0.25) is 0 Å². The number of carbonyl (C=O) groups excluding carboxylic acids is 1. The molecule has 1 N–H and O–H groups in total. The summed E-state index contributed by atoms with van der Waals surface area (Å²) >= 11 is 6.58. The number of imidazole rings is 1. The lowest BCUT2D eigenvalue weighted by Gasteiger charge is -2.11. The van der Waals surface area contributed by atoms with Crippen LogP contribution in [0.25, 0.3) is 33.7 Å². The number of hydrogen-bond acceptors (Lipinski definition) is 5. The van der Waals surface area contributed by atoms with E-state index < -0.39 is 0 Å². The standard InChI is InChI=1S/C24H23ClN8O/c1-14-18(13-32(4)30-14)22-28-21-20(19(25)10-26-23(21)29-22)17-9-27-33(12-17)11-15-6-5-7-16(8-15)24(34)31(2)3/h5-10,12-13H,11H2,1-4H3,(H,26,28,29). The molecule has 0 spiro atoms. The highest BCUT2D eigenvalue weighted by Gasteiger charge is 2.18. The second-order valence-electron chi connectivity index (χ2n) is 8.39. The van der Waals surface area contributed by atoms with Gasteiger partial charge in [0.05, 0.1) is 34.5 Å². The van der Waals surface area contributed by atoms with Crippen molar-refractivity contribution < 1.29 is 4.79 Å². The van der Waals surface area contributed by atoms with E-state index in [4.69, 9.17) is 11.6 Å². The average Bonchev–Trinajstić information content (AvgIpc) is 3.51. The van der Waals surface area contributed by atoms with Gasteiger partial charge in [-0.05, 0) is 24.6 Å². The Balaban J connectivity index is 1.49. The van der Waals surface area contributed by atoms with Crippen molar-refractivity contribution in [1.82, 2.24) is 39.4 Å². The first-order chi connectivity index (χ1) is 16.3. The van der Waals surface area contributed by atoms with E-state index in [2.05, 4.69) is 25.1 Å². The smallest absolute Gasteiger partial charge is 0.253 e. The van der Waals surface area contributed by atoms with Gasteiger partial charge in [-0.25, -0.2) is 9.97 Å². The number of carbonyl (C=O) groups is 1. The first-order valence-electron chi connectivity index (χ1n) is 10.7. The lowest BCUT2D eigenvalue weighted by Crippen LogP contribution is -2.21.